The van der Waals surface area contributed by atoms with Gasteiger partial charge in [-0.1, -0.05) is 30.3 Å². The molecule has 0 bridgehead atoms. The Bertz CT molecular complexity index is 907. The number of nitrogens with zero attached hydrogens (tertiary/aromatic N) is 3. The zero-order chi connectivity index (χ0) is 19.1. The molecule has 0 aliphatic heterocycles. The third-order valence-corrected chi connectivity index (χ3v) is 4.19. The molecule has 0 aliphatic rings. The van der Waals surface area contributed by atoms with Gasteiger partial charge in [-0.3, -0.25) is 14.7 Å². The van der Waals surface area contributed by atoms with Crippen molar-refractivity contribution in [2.75, 3.05) is 20.8 Å². The van der Waals surface area contributed by atoms with Gasteiger partial charge in [-0.25, -0.2) is 4.98 Å². The van der Waals surface area contributed by atoms with E-state index in [9.17, 15) is 4.79 Å². The molecule has 0 saturated carbocycles. The van der Waals surface area contributed by atoms with Crippen LogP contribution in [0.5, 0.6) is 0 Å². The van der Waals surface area contributed by atoms with E-state index in [1.807, 2.05) is 36.5 Å². The summed E-state index contributed by atoms with van der Waals surface area (Å²) < 4.78 is 5.07. The molecule has 1 aromatic carbocycles. The lowest BCUT2D eigenvalue weighted by Crippen LogP contribution is -2.17. The van der Waals surface area contributed by atoms with Crippen LogP contribution in [0.3, 0.4) is 0 Å². The summed E-state index contributed by atoms with van der Waals surface area (Å²) in [6, 6.07) is 15.6. The lowest BCUT2D eigenvalue weighted by Gasteiger charge is -2.16. The molecule has 3 rings (SSSR count). The van der Waals surface area contributed by atoms with E-state index in [0.717, 1.165) is 30.0 Å². The molecule has 3 aromatic rings. The van der Waals surface area contributed by atoms with Crippen molar-refractivity contribution >= 4 is 0 Å². The Morgan fingerprint density at radius 3 is 2.59 bits per heavy atom. The molecule has 0 saturated heterocycles. The number of ether oxygens (including phenoxy) is 1. The lowest BCUT2D eigenvalue weighted by molar-refractivity contribution is 0.201. The first kappa shape index (κ1) is 18.9. The van der Waals surface area contributed by atoms with E-state index in [4.69, 9.17) is 4.74 Å². The van der Waals surface area contributed by atoms with Crippen LogP contribution < -0.4 is 5.56 Å². The fraction of sp³-hybridized carbons (Fsp3) is 0.286. The minimum atomic E-state index is -0.148. The molecule has 0 radical (unpaired) electrons. The van der Waals surface area contributed by atoms with Crippen LogP contribution in [0.1, 0.15) is 17.0 Å². The van der Waals surface area contributed by atoms with Gasteiger partial charge in [0.05, 0.1) is 18.0 Å². The molecule has 0 aliphatic carbocycles. The van der Waals surface area contributed by atoms with Crippen LogP contribution in [0.2, 0.25) is 0 Å². The summed E-state index contributed by atoms with van der Waals surface area (Å²) in [7, 11) is 3.71. The molecule has 2 aromatic heterocycles. The van der Waals surface area contributed by atoms with Crippen LogP contribution in [0.25, 0.3) is 11.4 Å². The van der Waals surface area contributed by atoms with Gasteiger partial charge in [0.15, 0.2) is 0 Å². The van der Waals surface area contributed by atoms with Crippen molar-refractivity contribution in [3.63, 3.8) is 0 Å². The molecule has 0 amide bonds. The second kappa shape index (κ2) is 9.21. The minimum Gasteiger partial charge on any atom is -0.384 e. The maximum atomic E-state index is 11.9. The molecule has 0 spiro atoms. The summed E-state index contributed by atoms with van der Waals surface area (Å²) in [6.07, 6.45) is 2.43. The second-order valence-electron chi connectivity index (χ2n) is 6.52. The number of nitrogens with one attached hydrogen (secondary N) is 1. The molecular formula is C21H24N4O2. The summed E-state index contributed by atoms with van der Waals surface area (Å²) in [4.78, 5) is 25.8. The zero-order valence-electron chi connectivity index (χ0n) is 15.7. The number of rotatable bonds is 8. The molecule has 6 heteroatoms. The molecular weight excluding hydrogens is 340 g/mol. The van der Waals surface area contributed by atoms with Gasteiger partial charge in [-0.05, 0) is 24.7 Å². The van der Waals surface area contributed by atoms with Crippen LogP contribution in [0.15, 0.2) is 59.5 Å². The Balaban J connectivity index is 1.68. The highest BCUT2D eigenvalue weighted by atomic mass is 16.5. The van der Waals surface area contributed by atoms with E-state index in [1.54, 1.807) is 7.11 Å². The average molecular weight is 364 g/mol. The second-order valence-corrected chi connectivity index (χ2v) is 6.52. The van der Waals surface area contributed by atoms with Gasteiger partial charge in [-0.2, -0.15) is 0 Å². The zero-order valence-corrected chi connectivity index (χ0v) is 15.7. The minimum absolute atomic E-state index is 0.148. The average Bonchev–Trinajstić information content (AvgIpc) is 2.67. The van der Waals surface area contributed by atoms with Crippen molar-refractivity contribution in [3.8, 4) is 11.4 Å². The summed E-state index contributed by atoms with van der Waals surface area (Å²) in [5.74, 6) is 0.585. The van der Waals surface area contributed by atoms with Gasteiger partial charge in [0.1, 0.15) is 5.82 Å². The number of aromatic amines is 1. The number of aromatic nitrogens is 3. The Morgan fingerprint density at radius 2 is 1.89 bits per heavy atom. The molecule has 0 unspecified atom stereocenters. The molecule has 2 heterocycles. The molecule has 27 heavy (non-hydrogen) atoms. The Morgan fingerprint density at radius 1 is 1.07 bits per heavy atom. The van der Waals surface area contributed by atoms with E-state index in [2.05, 4.69) is 39.0 Å². The quantitative estimate of drug-likeness (QED) is 0.665. The van der Waals surface area contributed by atoms with Crippen LogP contribution in [-0.2, 0) is 24.2 Å². The van der Waals surface area contributed by atoms with Crippen LogP contribution >= 0.6 is 0 Å². The largest absolute Gasteiger partial charge is 0.384 e. The van der Waals surface area contributed by atoms with Crippen molar-refractivity contribution in [3.05, 3.63) is 82.0 Å². The summed E-state index contributed by atoms with van der Waals surface area (Å²) in [6.45, 7) is 2.14. The maximum absolute atomic E-state index is 11.9. The Hall–Kier alpha value is -2.83. The van der Waals surface area contributed by atoms with Crippen LogP contribution in [0.4, 0.5) is 0 Å². The standard InChI is InChI=1S/C21H24N4O2/c1-25(15-19-5-3-4-11-22-19)14-16-6-8-17(9-7-16)21-23-18(10-12-27-2)13-20(26)24-21/h3-9,11,13H,10,12,14-15H2,1-2H3,(H,23,24,26). The van der Waals surface area contributed by atoms with Gasteiger partial charge >= 0.3 is 0 Å². The van der Waals surface area contributed by atoms with Gasteiger partial charge in [0, 0.05) is 44.4 Å². The van der Waals surface area contributed by atoms with Crippen LogP contribution in [0, 0.1) is 0 Å². The smallest absolute Gasteiger partial charge is 0.251 e. The molecule has 1 N–H and O–H groups in total. The number of hydrogen-bond donors (Lipinski definition) is 1. The predicted molar refractivity (Wildman–Crippen MR) is 105 cm³/mol. The van der Waals surface area contributed by atoms with E-state index in [-0.39, 0.29) is 5.56 Å². The summed E-state index contributed by atoms with van der Waals surface area (Å²) in [5.41, 5.74) is 3.71. The normalized spacial score (nSPS) is 11.1. The van der Waals surface area contributed by atoms with Crippen LogP contribution in [-0.4, -0.2) is 40.6 Å². The molecule has 0 fully saturated rings. The van der Waals surface area contributed by atoms with Crippen molar-refractivity contribution in [2.45, 2.75) is 19.5 Å². The van der Waals surface area contributed by atoms with Crippen molar-refractivity contribution in [2.24, 2.45) is 0 Å². The van der Waals surface area contributed by atoms with E-state index >= 15 is 0 Å². The first-order valence-corrected chi connectivity index (χ1v) is 8.91. The van der Waals surface area contributed by atoms with Gasteiger partial charge in [-0.15, -0.1) is 0 Å². The highest BCUT2D eigenvalue weighted by Gasteiger charge is 2.06. The maximum Gasteiger partial charge on any atom is 0.251 e. The fourth-order valence-corrected chi connectivity index (χ4v) is 2.88. The first-order valence-electron chi connectivity index (χ1n) is 8.91. The third kappa shape index (κ3) is 5.57. The Labute approximate surface area is 158 Å². The predicted octanol–water partition coefficient (Wildman–Crippen LogP) is 2.65. The molecule has 6 nitrogen and oxygen atoms in total. The summed E-state index contributed by atoms with van der Waals surface area (Å²) >= 11 is 0. The first-order chi connectivity index (χ1) is 13.1. The van der Waals surface area contributed by atoms with E-state index < -0.39 is 0 Å². The van der Waals surface area contributed by atoms with Gasteiger partial charge in [0.25, 0.3) is 5.56 Å². The van der Waals surface area contributed by atoms with Crippen molar-refractivity contribution in [1.82, 2.24) is 19.9 Å². The van der Waals surface area contributed by atoms with Crippen molar-refractivity contribution in [1.29, 1.82) is 0 Å². The highest BCUT2D eigenvalue weighted by Crippen LogP contribution is 2.16. The van der Waals surface area contributed by atoms with Gasteiger partial charge in [0.2, 0.25) is 0 Å². The number of H-pyrrole nitrogens is 1. The fourth-order valence-electron chi connectivity index (χ4n) is 2.88. The number of hydrogen-bond acceptors (Lipinski definition) is 5. The summed E-state index contributed by atoms with van der Waals surface area (Å²) in [5, 5.41) is 0. The number of methoxy groups -OCH3 is 1. The van der Waals surface area contributed by atoms with Crippen molar-refractivity contribution < 1.29 is 4.74 Å². The molecule has 140 valence electrons. The topological polar surface area (TPSA) is 71.1 Å². The third-order valence-electron chi connectivity index (χ3n) is 4.19. The van der Waals surface area contributed by atoms with E-state index in [1.165, 1.54) is 11.6 Å². The number of benzene rings is 1. The van der Waals surface area contributed by atoms with Gasteiger partial charge < -0.3 is 9.72 Å². The van der Waals surface area contributed by atoms with E-state index in [0.29, 0.717) is 18.9 Å². The SMILES string of the molecule is COCCc1cc(=O)[nH]c(-c2ccc(CN(C)Cc3ccccn3)cc2)n1. The molecule has 0 atom stereocenters. The number of pyridine rings is 1. The lowest BCUT2D eigenvalue weighted by atomic mass is 10.1. The Kier molecular flexibility index (Phi) is 6.46. The highest BCUT2D eigenvalue weighted by molar-refractivity contribution is 5.55. The monoisotopic (exact) mass is 364 g/mol.